The van der Waals surface area contributed by atoms with E-state index in [9.17, 15) is 8.42 Å². The van der Waals surface area contributed by atoms with Crippen LogP contribution in [0.25, 0.3) is 0 Å². The van der Waals surface area contributed by atoms with Crippen LogP contribution in [0.1, 0.15) is 41.7 Å². The topological polar surface area (TPSA) is 52.6 Å². The first kappa shape index (κ1) is 17.8. The molecular weight excluding hydrogens is 336 g/mol. The fourth-order valence-corrected chi connectivity index (χ4v) is 4.96. The number of benzene rings is 2. The van der Waals surface area contributed by atoms with Gasteiger partial charge >= 0.3 is 10.1 Å². The minimum Gasteiger partial charge on any atom is -0.487 e. The standard InChI is InChI=1S/C20H24O4S/c1-12-9-7-8-10-17(12)24-25(21,22)19-14(3)13(2)18-16(15(19)4)11-20(5,6)23-18/h7-10H,11H2,1-6H3. The molecule has 0 N–H and O–H groups in total. The lowest BCUT2D eigenvalue weighted by Crippen LogP contribution is -2.24. The highest BCUT2D eigenvalue weighted by molar-refractivity contribution is 7.87. The number of hydrogen-bond donors (Lipinski definition) is 0. The maximum absolute atomic E-state index is 13.0. The second-order valence-electron chi connectivity index (χ2n) is 7.35. The van der Waals surface area contributed by atoms with E-state index in [2.05, 4.69) is 0 Å². The Morgan fingerprint density at radius 2 is 1.64 bits per heavy atom. The monoisotopic (exact) mass is 360 g/mol. The molecule has 0 fully saturated rings. The van der Waals surface area contributed by atoms with E-state index in [1.807, 2.05) is 53.7 Å². The van der Waals surface area contributed by atoms with Crippen LogP contribution in [0.15, 0.2) is 29.2 Å². The molecule has 0 spiro atoms. The van der Waals surface area contributed by atoms with Crippen LogP contribution >= 0.6 is 0 Å². The predicted molar refractivity (Wildman–Crippen MR) is 98.1 cm³/mol. The van der Waals surface area contributed by atoms with E-state index in [-0.39, 0.29) is 10.5 Å². The lowest BCUT2D eigenvalue weighted by Gasteiger charge is -2.19. The average molecular weight is 360 g/mol. The smallest absolute Gasteiger partial charge is 0.339 e. The van der Waals surface area contributed by atoms with E-state index in [1.54, 1.807) is 12.1 Å². The Hall–Kier alpha value is -2.01. The molecule has 5 heteroatoms. The minimum atomic E-state index is -3.93. The molecule has 1 heterocycles. The molecule has 0 unspecified atom stereocenters. The third-order valence-corrected chi connectivity index (χ3v) is 6.35. The zero-order valence-electron chi connectivity index (χ0n) is 15.6. The fourth-order valence-electron chi connectivity index (χ4n) is 3.43. The van der Waals surface area contributed by atoms with Gasteiger partial charge in [-0.15, -0.1) is 0 Å². The number of aryl methyl sites for hydroxylation is 1. The number of rotatable bonds is 3. The summed E-state index contributed by atoms with van der Waals surface area (Å²) in [7, 11) is -3.93. The molecule has 2 aromatic rings. The van der Waals surface area contributed by atoms with Crippen LogP contribution in [0.4, 0.5) is 0 Å². The van der Waals surface area contributed by atoms with Crippen molar-refractivity contribution in [3.63, 3.8) is 0 Å². The molecule has 0 atom stereocenters. The Labute approximate surface area is 149 Å². The second-order valence-corrected chi connectivity index (χ2v) is 8.84. The average Bonchev–Trinajstić information content (AvgIpc) is 2.83. The van der Waals surface area contributed by atoms with Gasteiger partial charge in [-0.25, -0.2) is 0 Å². The number of fused-ring (bicyclic) bond motifs is 1. The lowest BCUT2D eigenvalue weighted by atomic mass is 9.94. The van der Waals surface area contributed by atoms with E-state index < -0.39 is 10.1 Å². The van der Waals surface area contributed by atoms with E-state index in [0.717, 1.165) is 28.0 Å². The highest BCUT2D eigenvalue weighted by Gasteiger charge is 2.37. The van der Waals surface area contributed by atoms with Crippen molar-refractivity contribution in [3.05, 3.63) is 52.1 Å². The fraction of sp³-hybridized carbons (Fsp3) is 0.400. The van der Waals surface area contributed by atoms with Crippen LogP contribution in [-0.2, 0) is 16.5 Å². The third-order valence-electron chi connectivity index (χ3n) is 4.83. The number of hydrogen-bond acceptors (Lipinski definition) is 4. The molecule has 1 aliphatic rings. The van der Waals surface area contributed by atoms with Gasteiger partial charge in [0.2, 0.25) is 0 Å². The van der Waals surface area contributed by atoms with Gasteiger partial charge in [-0.3, -0.25) is 0 Å². The van der Waals surface area contributed by atoms with Crippen LogP contribution in [0, 0.1) is 27.7 Å². The summed E-state index contributed by atoms with van der Waals surface area (Å²) in [6.45, 7) is 11.4. The Bertz CT molecular complexity index is 956. The number of para-hydroxylation sites is 1. The molecule has 0 amide bonds. The normalized spacial score (nSPS) is 15.6. The summed E-state index contributed by atoms with van der Waals surface area (Å²) in [5.41, 5.74) is 3.67. The van der Waals surface area contributed by atoms with Gasteiger partial charge in [0.05, 0.1) is 0 Å². The quantitative estimate of drug-likeness (QED) is 0.761. The van der Waals surface area contributed by atoms with Crippen LogP contribution in [0.3, 0.4) is 0 Å². The molecule has 4 nitrogen and oxygen atoms in total. The first-order chi connectivity index (χ1) is 11.5. The molecule has 134 valence electrons. The molecule has 25 heavy (non-hydrogen) atoms. The summed E-state index contributed by atoms with van der Waals surface area (Å²) in [5.74, 6) is 1.17. The number of ether oxygens (including phenoxy) is 1. The highest BCUT2D eigenvalue weighted by atomic mass is 32.2. The zero-order valence-corrected chi connectivity index (χ0v) is 16.4. The Balaban J connectivity index is 2.15. The van der Waals surface area contributed by atoms with Gasteiger partial charge in [0.1, 0.15) is 22.0 Å². The molecule has 0 radical (unpaired) electrons. The van der Waals surface area contributed by atoms with Crippen molar-refractivity contribution in [3.8, 4) is 11.5 Å². The summed E-state index contributed by atoms with van der Waals surface area (Å²) < 4.78 is 37.6. The van der Waals surface area contributed by atoms with Crippen LogP contribution in [-0.4, -0.2) is 14.0 Å². The summed E-state index contributed by atoms with van der Waals surface area (Å²) in [5, 5.41) is 0. The third kappa shape index (κ3) is 3.01. The van der Waals surface area contributed by atoms with Gasteiger partial charge in [-0.2, -0.15) is 8.42 Å². The molecule has 0 bridgehead atoms. The largest absolute Gasteiger partial charge is 0.487 e. The van der Waals surface area contributed by atoms with Crippen molar-refractivity contribution in [1.82, 2.24) is 0 Å². The predicted octanol–water partition coefficient (Wildman–Crippen LogP) is 4.40. The van der Waals surface area contributed by atoms with Crippen molar-refractivity contribution in [1.29, 1.82) is 0 Å². The maximum atomic E-state index is 13.0. The molecule has 0 aliphatic carbocycles. The lowest BCUT2D eigenvalue weighted by molar-refractivity contribution is 0.137. The van der Waals surface area contributed by atoms with E-state index in [1.165, 1.54) is 0 Å². The molecule has 0 aromatic heterocycles. The molecule has 2 aromatic carbocycles. The second kappa shape index (κ2) is 5.77. The minimum absolute atomic E-state index is 0.258. The van der Waals surface area contributed by atoms with Gasteiger partial charge in [0.15, 0.2) is 0 Å². The van der Waals surface area contributed by atoms with Crippen LogP contribution < -0.4 is 8.92 Å². The first-order valence-corrected chi connectivity index (χ1v) is 9.76. The molecule has 1 aliphatic heterocycles. The summed E-state index contributed by atoms with van der Waals surface area (Å²) in [4.78, 5) is 0.258. The van der Waals surface area contributed by atoms with Crippen molar-refractivity contribution < 1.29 is 17.3 Å². The van der Waals surface area contributed by atoms with E-state index in [4.69, 9.17) is 8.92 Å². The van der Waals surface area contributed by atoms with E-state index in [0.29, 0.717) is 17.7 Å². The maximum Gasteiger partial charge on any atom is 0.339 e. The molecule has 0 saturated heterocycles. The molecular formula is C20H24O4S. The summed E-state index contributed by atoms with van der Waals surface area (Å²) in [6.07, 6.45) is 0.683. The molecule has 3 rings (SSSR count). The summed E-state index contributed by atoms with van der Waals surface area (Å²) in [6, 6.07) is 7.12. The van der Waals surface area contributed by atoms with Crippen molar-refractivity contribution >= 4 is 10.1 Å². The Kier molecular flexibility index (Phi) is 4.11. The van der Waals surface area contributed by atoms with Gasteiger partial charge in [0.25, 0.3) is 0 Å². The highest BCUT2D eigenvalue weighted by Crippen LogP contribution is 2.44. The van der Waals surface area contributed by atoms with Gasteiger partial charge in [-0.1, -0.05) is 18.2 Å². The summed E-state index contributed by atoms with van der Waals surface area (Å²) >= 11 is 0. The zero-order chi connectivity index (χ0) is 18.6. The van der Waals surface area contributed by atoms with Crippen molar-refractivity contribution in [2.45, 2.75) is 58.5 Å². The SMILES string of the molecule is Cc1ccccc1OS(=O)(=O)c1c(C)c(C)c2c(c1C)CC(C)(C)O2. The van der Waals surface area contributed by atoms with E-state index >= 15 is 0 Å². The molecule has 0 saturated carbocycles. The first-order valence-electron chi connectivity index (χ1n) is 8.35. The van der Waals surface area contributed by atoms with Gasteiger partial charge < -0.3 is 8.92 Å². The van der Waals surface area contributed by atoms with Crippen molar-refractivity contribution in [2.75, 3.05) is 0 Å². The Morgan fingerprint density at radius 3 is 2.28 bits per heavy atom. The van der Waals surface area contributed by atoms with Crippen molar-refractivity contribution in [2.24, 2.45) is 0 Å². The van der Waals surface area contributed by atoms with Gasteiger partial charge in [0, 0.05) is 12.0 Å². The Morgan fingerprint density at radius 1 is 1.00 bits per heavy atom. The van der Waals surface area contributed by atoms with Crippen LogP contribution in [0.2, 0.25) is 0 Å². The van der Waals surface area contributed by atoms with Crippen LogP contribution in [0.5, 0.6) is 11.5 Å². The van der Waals surface area contributed by atoms with Gasteiger partial charge in [-0.05, 0) is 69.9 Å².